The lowest BCUT2D eigenvalue weighted by atomic mass is 10.1. The molecule has 0 saturated heterocycles. The van der Waals surface area contributed by atoms with Gasteiger partial charge in [0, 0.05) is 28.4 Å². The smallest absolute Gasteiger partial charge is 0.203 e. The summed E-state index contributed by atoms with van der Waals surface area (Å²) in [5.41, 5.74) is 2.78. The number of ether oxygens (including phenoxy) is 5. The average Bonchev–Trinajstić information content (AvgIpc) is 2.91. The number of halogens is 1. The van der Waals surface area contributed by atoms with Gasteiger partial charge in [-0.25, -0.2) is 0 Å². The molecule has 0 amide bonds. The zero-order valence-electron chi connectivity index (χ0n) is 20.8. The summed E-state index contributed by atoms with van der Waals surface area (Å²) in [5, 5.41) is 3.73. The van der Waals surface area contributed by atoms with Crippen LogP contribution < -0.4 is 29.0 Å². The molecule has 0 saturated carbocycles. The Balaban J connectivity index is 1.95. The highest BCUT2D eigenvalue weighted by Crippen LogP contribution is 2.40. The zero-order valence-corrected chi connectivity index (χ0v) is 21.5. The van der Waals surface area contributed by atoms with Crippen LogP contribution in [0, 0.1) is 0 Å². The summed E-state index contributed by atoms with van der Waals surface area (Å²) in [6.45, 7) is 0. The summed E-state index contributed by atoms with van der Waals surface area (Å²) in [4.78, 5) is 12.5. The molecule has 0 aliphatic rings. The first-order chi connectivity index (χ1) is 17.4. The predicted octanol–water partition coefficient (Wildman–Crippen LogP) is 6.36. The van der Waals surface area contributed by atoms with Crippen molar-refractivity contribution in [3.05, 3.63) is 82.5 Å². The second kappa shape index (κ2) is 12.6. The van der Waals surface area contributed by atoms with Crippen LogP contribution in [0.4, 0.5) is 5.69 Å². The summed E-state index contributed by atoms with van der Waals surface area (Å²) in [7, 11) is 7.81. The molecule has 0 aliphatic heterocycles. The Morgan fingerprint density at radius 3 is 1.92 bits per heavy atom. The second-order valence-electron chi connectivity index (χ2n) is 7.41. The van der Waals surface area contributed by atoms with Crippen molar-refractivity contribution in [1.82, 2.24) is 0 Å². The molecule has 7 nitrogen and oxygen atoms in total. The Bertz CT molecular complexity index is 1240. The monoisotopic (exact) mass is 509 g/mol. The topological polar surface area (TPSA) is 75.2 Å². The van der Waals surface area contributed by atoms with Crippen molar-refractivity contribution in [2.75, 3.05) is 40.9 Å². The predicted molar refractivity (Wildman–Crippen MR) is 143 cm³/mol. The summed E-state index contributed by atoms with van der Waals surface area (Å²) in [5.74, 6) is 2.48. The fourth-order valence-corrected chi connectivity index (χ4v) is 3.65. The van der Waals surface area contributed by atoms with E-state index in [0.717, 1.165) is 11.1 Å². The molecule has 0 heterocycles. The Morgan fingerprint density at radius 2 is 1.36 bits per heavy atom. The first-order valence-electron chi connectivity index (χ1n) is 10.9. The van der Waals surface area contributed by atoms with Gasteiger partial charge in [-0.1, -0.05) is 23.8 Å². The zero-order chi connectivity index (χ0) is 26.1. The van der Waals surface area contributed by atoms with E-state index in [2.05, 4.69) is 5.32 Å². The van der Waals surface area contributed by atoms with E-state index in [1.54, 1.807) is 72.1 Å². The molecule has 8 heteroatoms. The van der Waals surface area contributed by atoms with Gasteiger partial charge in [-0.2, -0.15) is 0 Å². The fraction of sp³-hybridized carbons (Fsp3) is 0.179. The van der Waals surface area contributed by atoms with Crippen LogP contribution in [-0.4, -0.2) is 41.3 Å². The molecule has 0 radical (unpaired) electrons. The van der Waals surface area contributed by atoms with Gasteiger partial charge in [0.2, 0.25) is 5.75 Å². The number of ketones is 1. The molecular weight excluding hydrogens is 482 g/mol. The van der Waals surface area contributed by atoms with E-state index >= 15 is 0 Å². The quantitative estimate of drug-likeness (QED) is 0.183. The molecule has 1 N–H and O–H groups in total. The van der Waals surface area contributed by atoms with Crippen LogP contribution in [0.3, 0.4) is 0 Å². The Morgan fingerprint density at radius 1 is 0.750 bits per heavy atom. The van der Waals surface area contributed by atoms with Crippen molar-refractivity contribution < 1.29 is 28.5 Å². The molecule has 0 fully saturated rings. The van der Waals surface area contributed by atoms with Crippen LogP contribution in [0.25, 0.3) is 12.2 Å². The normalized spacial score (nSPS) is 10.9. The number of carbonyl (C=O) groups excluding carboxylic acids is 1. The minimum absolute atomic E-state index is 0.171. The van der Waals surface area contributed by atoms with Crippen LogP contribution in [0.2, 0.25) is 5.02 Å². The van der Waals surface area contributed by atoms with Crippen LogP contribution in [0.15, 0.2) is 60.8 Å². The SMILES string of the molecule is COc1cc(C=Cc2ccc(OC)c(OC)c2NC=CC(=O)c2ccc(Cl)cc2)cc(OC)c1OC. The number of rotatable bonds is 11. The number of anilines is 1. The number of allylic oxidation sites excluding steroid dienone is 1. The van der Waals surface area contributed by atoms with Crippen molar-refractivity contribution in [3.63, 3.8) is 0 Å². The van der Waals surface area contributed by atoms with Crippen molar-refractivity contribution in [1.29, 1.82) is 0 Å². The van der Waals surface area contributed by atoms with Gasteiger partial charge in [0.1, 0.15) is 0 Å². The lowest BCUT2D eigenvalue weighted by Crippen LogP contribution is -2.00. The number of hydrogen-bond donors (Lipinski definition) is 1. The molecule has 3 aromatic rings. The molecular formula is C28H28ClNO6. The van der Waals surface area contributed by atoms with Crippen LogP contribution in [-0.2, 0) is 0 Å². The van der Waals surface area contributed by atoms with E-state index in [-0.39, 0.29) is 5.78 Å². The van der Waals surface area contributed by atoms with Gasteiger partial charge in [0.15, 0.2) is 28.8 Å². The maximum absolute atomic E-state index is 12.5. The second-order valence-corrected chi connectivity index (χ2v) is 7.84. The molecule has 188 valence electrons. The molecule has 0 spiro atoms. The molecule has 3 rings (SSSR count). The molecule has 0 aromatic heterocycles. The fourth-order valence-electron chi connectivity index (χ4n) is 3.52. The van der Waals surface area contributed by atoms with E-state index in [4.69, 9.17) is 35.3 Å². The molecule has 3 aromatic carbocycles. The van der Waals surface area contributed by atoms with Gasteiger partial charge in [-0.05, 0) is 54.1 Å². The molecule has 0 bridgehead atoms. The van der Waals surface area contributed by atoms with E-state index in [1.165, 1.54) is 6.08 Å². The highest BCUT2D eigenvalue weighted by molar-refractivity contribution is 6.30. The minimum Gasteiger partial charge on any atom is -0.493 e. The molecule has 0 atom stereocenters. The number of benzene rings is 3. The van der Waals surface area contributed by atoms with E-state index in [9.17, 15) is 4.79 Å². The van der Waals surface area contributed by atoms with Crippen LogP contribution in [0.1, 0.15) is 21.5 Å². The average molecular weight is 510 g/mol. The first kappa shape index (κ1) is 26.5. The summed E-state index contributed by atoms with van der Waals surface area (Å²) >= 11 is 5.91. The Labute approximate surface area is 215 Å². The van der Waals surface area contributed by atoms with Gasteiger partial charge in [0.05, 0.1) is 41.2 Å². The summed E-state index contributed by atoms with van der Waals surface area (Å²) < 4.78 is 27.3. The van der Waals surface area contributed by atoms with Crippen molar-refractivity contribution in [2.24, 2.45) is 0 Å². The van der Waals surface area contributed by atoms with Crippen molar-refractivity contribution in [2.45, 2.75) is 0 Å². The number of methoxy groups -OCH3 is 5. The standard InChI is InChI=1S/C28H28ClNO6/c1-32-23-13-10-20(7-6-18-16-24(33-2)27(35-4)25(17-18)34-3)26(28(23)36-5)30-15-14-22(31)19-8-11-21(29)12-9-19/h6-17,30H,1-5H3. The van der Waals surface area contributed by atoms with E-state index in [1.807, 2.05) is 30.4 Å². The summed E-state index contributed by atoms with van der Waals surface area (Å²) in [6.07, 6.45) is 6.80. The van der Waals surface area contributed by atoms with E-state index in [0.29, 0.717) is 45.0 Å². The van der Waals surface area contributed by atoms with Gasteiger partial charge >= 0.3 is 0 Å². The maximum atomic E-state index is 12.5. The highest BCUT2D eigenvalue weighted by Gasteiger charge is 2.15. The van der Waals surface area contributed by atoms with Gasteiger partial charge < -0.3 is 29.0 Å². The largest absolute Gasteiger partial charge is 0.493 e. The van der Waals surface area contributed by atoms with Gasteiger partial charge in [0.25, 0.3) is 0 Å². The van der Waals surface area contributed by atoms with Crippen LogP contribution in [0.5, 0.6) is 28.7 Å². The maximum Gasteiger partial charge on any atom is 0.203 e. The highest BCUT2D eigenvalue weighted by atomic mass is 35.5. The third-order valence-corrected chi connectivity index (χ3v) is 5.56. The number of hydrogen-bond acceptors (Lipinski definition) is 7. The van der Waals surface area contributed by atoms with Gasteiger partial charge in [-0.15, -0.1) is 0 Å². The first-order valence-corrected chi connectivity index (χ1v) is 11.3. The van der Waals surface area contributed by atoms with E-state index < -0.39 is 0 Å². The third-order valence-electron chi connectivity index (χ3n) is 5.31. The molecule has 0 unspecified atom stereocenters. The van der Waals surface area contributed by atoms with Crippen molar-refractivity contribution in [3.8, 4) is 28.7 Å². The summed E-state index contributed by atoms with van der Waals surface area (Å²) in [6, 6.07) is 14.1. The minimum atomic E-state index is -0.171. The molecule has 0 aliphatic carbocycles. The lowest BCUT2D eigenvalue weighted by molar-refractivity contribution is 0.104. The van der Waals surface area contributed by atoms with Gasteiger partial charge in [-0.3, -0.25) is 4.79 Å². The third kappa shape index (κ3) is 6.12. The Hall–Kier alpha value is -4.10. The van der Waals surface area contributed by atoms with Crippen LogP contribution >= 0.6 is 11.6 Å². The van der Waals surface area contributed by atoms with Crippen molar-refractivity contribution >= 4 is 35.2 Å². The number of nitrogens with one attached hydrogen (secondary N) is 1. The lowest BCUT2D eigenvalue weighted by Gasteiger charge is -2.15. The Kier molecular flexibility index (Phi) is 9.25. The number of carbonyl (C=O) groups is 1. The molecule has 36 heavy (non-hydrogen) atoms.